The molecule has 0 aliphatic rings. The quantitative estimate of drug-likeness (QED) is 0.875. The Bertz CT molecular complexity index is 556. The third-order valence-electron chi connectivity index (χ3n) is 2.44. The first-order valence-electron chi connectivity index (χ1n) is 4.85. The van der Waals surface area contributed by atoms with Crippen LogP contribution in [-0.2, 0) is 15.6 Å². The topological polar surface area (TPSA) is 77.5 Å². The van der Waals surface area contributed by atoms with Gasteiger partial charge < -0.3 is 5.73 Å². The largest absolute Gasteiger partial charge is 0.329 e. The highest BCUT2D eigenvalue weighted by atomic mass is 32.2. The molecule has 1 atom stereocenters. The zero-order valence-electron chi connectivity index (χ0n) is 8.83. The maximum atomic E-state index is 11.8. The van der Waals surface area contributed by atoms with Gasteiger partial charge in [-0.25, -0.2) is 13.4 Å². The molecule has 2 heterocycles. The van der Waals surface area contributed by atoms with Gasteiger partial charge in [-0.05, 0) is 6.92 Å². The van der Waals surface area contributed by atoms with E-state index < -0.39 is 15.1 Å². The van der Waals surface area contributed by atoms with Crippen LogP contribution in [0, 0.1) is 0 Å². The van der Waals surface area contributed by atoms with Crippen LogP contribution in [0.25, 0.3) is 4.96 Å². The molecule has 0 aliphatic heterocycles. The molecule has 0 bridgehead atoms. The van der Waals surface area contributed by atoms with Crippen molar-refractivity contribution in [3.63, 3.8) is 0 Å². The molecular formula is C9H13N3O2S2. The molecule has 1 unspecified atom stereocenters. The summed E-state index contributed by atoms with van der Waals surface area (Å²) in [6.07, 6.45) is 3.60. The molecule has 0 radical (unpaired) electrons. The highest BCUT2D eigenvalue weighted by molar-refractivity contribution is 7.91. The fraction of sp³-hybridized carbons (Fsp3) is 0.444. The van der Waals surface area contributed by atoms with Crippen molar-refractivity contribution in [2.45, 2.75) is 17.9 Å². The number of sulfone groups is 1. The number of fused-ring (bicyclic) bond motifs is 1. The maximum Gasteiger partial charge on any atom is 0.193 e. The van der Waals surface area contributed by atoms with Crippen molar-refractivity contribution in [1.29, 1.82) is 0 Å². The van der Waals surface area contributed by atoms with Gasteiger partial charge in [-0.2, -0.15) is 0 Å². The Balaban J connectivity index is 2.25. The van der Waals surface area contributed by atoms with Crippen LogP contribution < -0.4 is 5.73 Å². The lowest BCUT2D eigenvalue weighted by Crippen LogP contribution is -2.27. The van der Waals surface area contributed by atoms with Gasteiger partial charge in [0.05, 0.1) is 16.7 Å². The van der Waals surface area contributed by atoms with E-state index in [2.05, 4.69) is 4.98 Å². The van der Waals surface area contributed by atoms with E-state index in [9.17, 15) is 8.42 Å². The molecule has 0 fully saturated rings. The number of hydrogen-bond acceptors (Lipinski definition) is 5. The SMILES string of the molecule is CC(CN)S(=O)(=O)Cc1cn2ccsc2n1. The molecule has 0 spiro atoms. The van der Waals surface area contributed by atoms with Crippen molar-refractivity contribution >= 4 is 26.1 Å². The monoisotopic (exact) mass is 259 g/mol. The zero-order chi connectivity index (χ0) is 11.8. The summed E-state index contributed by atoms with van der Waals surface area (Å²) < 4.78 is 25.4. The summed E-state index contributed by atoms with van der Waals surface area (Å²) in [4.78, 5) is 5.05. The number of thiazole rings is 1. The number of rotatable bonds is 4. The predicted molar refractivity (Wildman–Crippen MR) is 64.2 cm³/mol. The molecule has 7 heteroatoms. The second kappa shape index (κ2) is 4.15. The lowest BCUT2D eigenvalue weighted by molar-refractivity contribution is 0.582. The number of hydrogen-bond donors (Lipinski definition) is 1. The van der Waals surface area contributed by atoms with Crippen LogP contribution in [0.2, 0.25) is 0 Å². The van der Waals surface area contributed by atoms with E-state index in [0.29, 0.717) is 5.69 Å². The van der Waals surface area contributed by atoms with E-state index in [1.807, 2.05) is 16.0 Å². The second-order valence-corrected chi connectivity index (χ2v) is 6.97. The smallest absolute Gasteiger partial charge is 0.193 e. The van der Waals surface area contributed by atoms with Gasteiger partial charge in [0.25, 0.3) is 0 Å². The summed E-state index contributed by atoms with van der Waals surface area (Å²) >= 11 is 1.48. The molecule has 0 amide bonds. The van der Waals surface area contributed by atoms with Crippen molar-refractivity contribution in [2.75, 3.05) is 6.54 Å². The van der Waals surface area contributed by atoms with E-state index in [0.717, 1.165) is 4.96 Å². The molecule has 2 aromatic rings. The molecule has 0 aliphatic carbocycles. The summed E-state index contributed by atoms with van der Waals surface area (Å²) in [6, 6.07) is 0. The third kappa shape index (κ3) is 2.11. The van der Waals surface area contributed by atoms with E-state index in [1.54, 1.807) is 13.1 Å². The van der Waals surface area contributed by atoms with E-state index in [-0.39, 0.29) is 12.3 Å². The minimum absolute atomic E-state index is 0.0419. The molecule has 0 aromatic carbocycles. The molecular weight excluding hydrogens is 246 g/mol. The van der Waals surface area contributed by atoms with E-state index in [4.69, 9.17) is 5.73 Å². The van der Waals surface area contributed by atoms with Crippen LogP contribution >= 0.6 is 11.3 Å². The number of nitrogens with two attached hydrogens (primary N) is 1. The van der Waals surface area contributed by atoms with Crippen LogP contribution in [0.1, 0.15) is 12.6 Å². The van der Waals surface area contributed by atoms with Crippen LogP contribution in [0.3, 0.4) is 0 Å². The Hall–Kier alpha value is -0.920. The first kappa shape index (κ1) is 11.6. The minimum atomic E-state index is -3.19. The molecule has 0 saturated carbocycles. The Morgan fingerprint density at radius 2 is 2.38 bits per heavy atom. The van der Waals surface area contributed by atoms with Gasteiger partial charge in [0.15, 0.2) is 14.8 Å². The average Bonchev–Trinajstić information content (AvgIpc) is 2.75. The zero-order valence-corrected chi connectivity index (χ0v) is 10.5. The number of imidazole rings is 1. The standard InChI is InChI=1S/C9H13N3O2S2/c1-7(4-10)16(13,14)6-8-5-12-2-3-15-9(12)11-8/h2-3,5,7H,4,6,10H2,1H3. The Morgan fingerprint density at radius 1 is 1.62 bits per heavy atom. The van der Waals surface area contributed by atoms with E-state index >= 15 is 0 Å². The maximum absolute atomic E-state index is 11.8. The molecule has 2 rings (SSSR count). The lowest BCUT2D eigenvalue weighted by Gasteiger charge is -2.08. The summed E-state index contributed by atoms with van der Waals surface area (Å²) in [5, 5.41) is 1.38. The summed E-state index contributed by atoms with van der Waals surface area (Å²) in [5.74, 6) is -0.0419. The predicted octanol–water partition coefficient (Wildman–Crippen LogP) is 0.658. The van der Waals surface area contributed by atoms with Gasteiger partial charge in [0.1, 0.15) is 0 Å². The molecule has 0 saturated heterocycles. The van der Waals surface area contributed by atoms with Crippen molar-refractivity contribution in [3.05, 3.63) is 23.5 Å². The van der Waals surface area contributed by atoms with Crippen molar-refractivity contribution in [1.82, 2.24) is 9.38 Å². The van der Waals surface area contributed by atoms with Gasteiger partial charge in [0.2, 0.25) is 0 Å². The van der Waals surface area contributed by atoms with E-state index in [1.165, 1.54) is 11.3 Å². The molecule has 2 N–H and O–H groups in total. The molecule has 16 heavy (non-hydrogen) atoms. The molecule has 2 aromatic heterocycles. The van der Waals surface area contributed by atoms with Gasteiger partial charge in [-0.1, -0.05) is 0 Å². The van der Waals surface area contributed by atoms with Crippen molar-refractivity contribution in [2.24, 2.45) is 5.73 Å². The van der Waals surface area contributed by atoms with Gasteiger partial charge in [0, 0.05) is 24.3 Å². The second-order valence-electron chi connectivity index (χ2n) is 3.68. The van der Waals surface area contributed by atoms with Crippen LogP contribution in [0.4, 0.5) is 0 Å². The summed E-state index contributed by atoms with van der Waals surface area (Å²) in [6.45, 7) is 1.76. The Morgan fingerprint density at radius 3 is 3.00 bits per heavy atom. The van der Waals surface area contributed by atoms with Gasteiger partial charge >= 0.3 is 0 Å². The first-order chi connectivity index (χ1) is 7.53. The van der Waals surface area contributed by atoms with Gasteiger partial charge in [-0.15, -0.1) is 11.3 Å². The normalized spacial score (nSPS) is 14.4. The van der Waals surface area contributed by atoms with Crippen LogP contribution in [0.5, 0.6) is 0 Å². The third-order valence-corrected chi connectivity index (χ3v) is 5.32. The number of nitrogens with zero attached hydrogens (tertiary/aromatic N) is 2. The highest BCUT2D eigenvalue weighted by Gasteiger charge is 2.21. The van der Waals surface area contributed by atoms with Crippen molar-refractivity contribution < 1.29 is 8.42 Å². The Labute approximate surface area is 97.8 Å². The van der Waals surface area contributed by atoms with Crippen LogP contribution in [-0.4, -0.2) is 29.6 Å². The highest BCUT2D eigenvalue weighted by Crippen LogP contribution is 2.15. The summed E-state index contributed by atoms with van der Waals surface area (Å²) in [5.41, 5.74) is 5.94. The molecule has 88 valence electrons. The van der Waals surface area contributed by atoms with Crippen molar-refractivity contribution in [3.8, 4) is 0 Å². The molecule has 5 nitrogen and oxygen atoms in total. The Kier molecular flexibility index (Phi) is 3.00. The lowest BCUT2D eigenvalue weighted by atomic mass is 10.5. The number of aromatic nitrogens is 2. The average molecular weight is 259 g/mol. The van der Waals surface area contributed by atoms with Crippen LogP contribution in [0.15, 0.2) is 17.8 Å². The fourth-order valence-corrected chi connectivity index (χ4v) is 3.19. The minimum Gasteiger partial charge on any atom is -0.329 e. The fourth-order valence-electron chi connectivity index (χ4n) is 1.34. The summed E-state index contributed by atoms with van der Waals surface area (Å²) in [7, 11) is -3.19. The van der Waals surface area contributed by atoms with Gasteiger partial charge in [-0.3, -0.25) is 4.40 Å². The first-order valence-corrected chi connectivity index (χ1v) is 7.45.